The van der Waals surface area contributed by atoms with Crippen LogP contribution in [0.4, 0.5) is 5.69 Å². The van der Waals surface area contributed by atoms with Crippen molar-refractivity contribution in [2.45, 2.75) is 12.5 Å². The van der Waals surface area contributed by atoms with Gasteiger partial charge in [-0.3, -0.25) is 9.59 Å². The van der Waals surface area contributed by atoms with Gasteiger partial charge in [0.15, 0.2) is 0 Å². The highest BCUT2D eigenvalue weighted by molar-refractivity contribution is 5.94. The summed E-state index contributed by atoms with van der Waals surface area (Å²) in [5.74, 6) is -1.55. The smallest absolute Gasteiger partial charge is 0.321 e. The zero-order valence-electron chi connectivity index (χ0n) is 10.2. The zero-order valence-corrected chi connectivity index (χ0v) is 10.2. The summed E-state index contributed by atoms with van der Waals surface area (Å²) in [5, 5.41) is 31.6. The summed E-state index contributed by atoms with van der Waals surface area (Å²) in [4.78, 5) is 22.5. The molecule has 0 spiro atoms. The van der Waals surface area contributed by atoms with Crippen LogP contribution in [-0.4, -0.2) is 46.4 Å². The predicted molar refractivity (Wildman–Crippen MR) is 67.9 cm³/mol. The molecule has 0 saturated heterocycles. The molecule has 0 aromatic heterocycles. The lowest BCUT2D eigenvalue weighted by Crippen LogP contribution is -2.41. The van der Waals surface area contributed by atoms with Gasteiger partial charge in [0.25, 0.3) is 0 Å². The molecule has 0 aliphatic heterocycles. The predicted octanol–water partition coefficient (Wildman–Crippen LogP) is -0.244. The Morgan fingerprint density at radius 3 is 2.37 bits per heavy atom. The number of phenolic OH excluding ortho intramolecular Hbond substituents is 1. The van der Waals surface area contributed by atoms with E-state index in [9.17, 15) is 9.59 Å². The maximum absolute atomic E-state index is 11.6. The second-order valence-electron chi connectivity index (χ2n) is 3.87. The van der Waals surface area contributed by atoms with Crippen LogP contribution in [-0.2, 0) is 9.59 Å². The summed E-state index contributed by atoms with van der Waals surface area (Å²) < 4.78 is 0. The minimum absolute atomic E-state index is 0.0750. The number of carbonyl (C=O) groups excluding carboxylic acids is 1. The lowest BCUT2D eigenvalue weighted by Gasteiger charge is -2.13. The van der Waals surface area contributed by atoms with Crippen molar-refractivity contribution in [2.24, 2.45) is 0 Å². The minimum Gasteiger partial charge on any atom is -0.508 e. The number of benzene rings is 1. The number of carbonyl (C=O) groups is 2. The first-order chi connectivity index (χ1) is 9.02. The number of hydrogen-bond acceptors (Lipinski definition) is 5. The Balaban J connectivity index is 2.52. The largest absolute Gasteiger partial charge is 0.508 e. The van der Waals surface area contributed by atoms with Crippen LogP contribution in [0.1, 0.15) is 6.42 Å². The second kappa shape index (κ2) is 7.34. The van der Waals surface area contributed by atoms with Gasteiger partial charge in [-0.25, -0.2) is 0 Å². The van der Waals surface area contributed by atoms with E-state index in [0.717, 1.165) is 0 Å². The van der Waals surface area contributed by atoms with E-state index in [-0.39, 0.29) is 25.3 Å². The molecule has 1 atom stereocenters. The van der Waals surface area contributed by atoms with Crippen molar-refractivity contribution < 1.29 is 24.9 Å². The van der Waals surface area contributed by atoms with Gasteiger partial charge in [-0.15, -0.1) is 0 Å². The van der Waals surface area contributed by atoms with Crippen LogP contribution in [0, 0.1) is 0 Å². The number of anilines is 1. The molecule has 0 saturated carbocycles. The Kier molecular flexibility index (Phi) is 5.77. The molecule has 0 heterocycles. The third-order valence-corrected chi connectivity index (χ3v) is 2.34. The van der Waals surface area contributed by atoms with E-state index in [1.54, 1.807) is 0 Å². The Bertz CT molecular complexity index is 432. The van der Waals surface area contributed by atoms with E-state index in [0.29, 0.717) is 5.69 Å². The van der Waals surface area contributed by atoms with Gasteiger partial charge in [-0.2, -0.15) is 0 Å². The van der Waals surface area contributed by atoms with Crippen LogP contribution < -0.4 is 10.6 Å². The van der Waals surface area contributed by atoms with Gasteiger partial charge in [0.05, 0.1) is 13.0 Å². The molecule has 0 radical (unpaired) electrons. The topological polar surface area (TPSA) is 119 Å². The molecule has 0 aliphatic rings. The van der Waals surface area contributed by atoms with E-state index >= 15 is 0 Å². The molecule has 5 N–H and O–H groups in total. The molecule has 1 aromatic rings. The second-order valence-corrected chi connectivity index (χ2v) is 3.87. The molecule has 1 rings (SSSR count). The lowest BCUT2D eigenvalue weighted by atomic mass is 10.2. The quantitative estimate of drug-likeness (QED) is 0.435. The van der Waals surface area contributed by atoms with Crippen molar-refractivity contribution in [3.63, 3.8) is 0 Å². The minimum atomic E-state index is -1.16. The average molecular weight is 268 g/mol. The highest BCUT2D eigenvalue weighted by Crippen LogP contribution is 2.14. The van der Waals surface area contributed by atoms with Gasteiger partial charge < -0.3 is 26.0 Å². The van der Waals surface area contributed by atoms with Gasteiger partial charge >= 0.3 is 5.97 Å². The fraction of sp³-hybridized carbons (Fsp3) is 0.333. The number of phenols is 1. The Hall–Kier alpha value is -2.12. The van der Waals surface area contributed by atoms with E-state index in [2.05, 4.69) is 10.6 Å². The molecule has 7 nitrogen and oxygen atoms in total. The standard InChI is InChI=1S/C12H16N2O5/c15-6-5-13-10(12(18)19)7-11(17)14-8-1-3-9(16)4-2-8/h1-4,10,13,15-16H,5-7H2,(H,14,17)(H,18,19). The van der Waals surface area contributed by atoms with Crippen molar-refractivity contribution in [3.8, 4) is 5.75 Å². The summed E-state index contributed by atoms with van der Waals surface area (Å²) in [7, 11) is 0. The molecule has 1 amide bonds. The number of nitrogens with one attached hydrogen (secondary N) is 2. The van der Waals surface area contributed by atoms with E-state index in [1.807, 2.05) is 0 Å². The maximum Gasteiger partial charge on any atom is 0.321 e. The fourth-order valence-corrected chi connectivity index (χ4v) is 1.43. The summed E-state index contributed by atoms with van der Waals surface area (Å²) in [6.45, 7) is -0.104. The van der Waals surface area contributed by atoms with E-state index in [4.69, 9.17) is 15.3 Å². The number of rotatable bonds is 7. The number of carboxylic acid groups (broad SMARTS) is 1. The number of aliphatic hydroxyl groups is 1. The van der Waals surface area contributed by atoms with E-state index < -0.39 is 17.9 Å². The summed E-state index contributed by atoms with van der Waals surface area (Å²) in [6, 6.07) is 4.78. The number of carboxylic acids is 1. The van der Waals surface area contributed by atoms with Crippen LogP contribution in [0.15, 0.2) is 24.3 Å². The van der Waals surface area contributed by atoms with Gasteiger partial charge in [0, 0.05) is 12.2 Å². The maximum atomic E-state index is 11.6. The molecule has 0 bridgehead atoms. The molecule has 1 aromatic carbocycles. The third kappa shape index (κ3) is 5.36. The number of hydrogen-bond donors (Lipinski definition) is 5. The monoisotopic (exact) mass is 268 g/mol. The molecule has 0 fully saturated rings. The Morgan fingerprint density at radius 1 is 1.21 bits per heavy atom. The molecular weight excluding hydrogens is 252 g/mol. The first-order valence-corrected chi connectivity index (χ1v) is 5.69. The van der Waals surface area contributed by atoms with Crippen LogP contribution in [0.5, 0.6) is 5.75 Å². The normalized spacial score (nSPS) is 11.8. The third-order valence-electron chi connectivity index (χ3n) is 2.34. The number of aliphatic carboxylic acids is 1. The van der Waals surface area contributed by atoms with Crippen molar-refractivity contribution in [2.75, 3.05) is 18.5 Å². The van der Waals surface area contributed by atoms with E-state index in [1.165, 1.54) is 24.3 Å². The van der Waals surface area contributed by atoms with Gasteiger partial charge in [0.2, 0.25) is 5.91 Å². The summed E-state index contributed by atoms with van der Waals surface area (Å²) in [6.07, 6.45) is -0.254. The summed E-state index contributed by atoms with van der Waals surface area (Å²) >= 11 is 0. The fourth-order valence-electron chi connectivity index (χ4n) is 1.43. The SMILES string of the molecule is O=C(CC(NCCO)C(=O)O)Nc1ccc(O)cc1. The molecule has 104 valence electrons. The highest BCUT2D eigenvalue weighted by atomic mass is 16.4. The number of amides is 1. The molecule has 19 heavy (non-hydrogen) atoms. The van der Waals surface area contributed by atoms with Gasteiger partial charge in [-0.1, -0.05) is 0 Å². The number of aromatic hydroxyl groups is 1. The van der Waals surface area contributed by atoms with Crippen LogP contribution in [0.25, 0.3) is 0 Å². The van der Waals surface area contributed by atoms with Crippen molar-refractivity contribution in [3.05, 3.63) is 24.3 Å². The van der Waals surface area contributed by atoms with Crippen molar-refractivity contribution >= 4 is 17.6 Å². The molecule has 0 aliphatic carbocycles. The number of aliphatic hydroxyl groups excluding tert-OH is 1. The lowest BCUT2D eigenvalue weighted by molar-refractivity contribution is -0.141. The average Bonchev–Trinajstić information content (AvgIpc) is 2.37. The van der Waals surface area contributed by atoms with Gasteiger partial charge in [-0.05, 0) is 24.3 Å². The highest BCUT2D eigenvalue weighted by Gasteiger charge is 2.20. The van der Waals surface area contributed by atoms with Crippen LogP contribution >= 0.6 is 0 Å². The van der Waals surface area contributed by atoms with Crippen LogP contribution in [0.2, 0.25) is 0 Å². The first-order valence-electron chi connectivity index (χ1n) is 5.69. The molecule has 7 heteroatoms. The van der Waals surface area contributed by atoms with Crippen molar-refractivity contribution in [1.29, 1.82) is 0 Å². The zero-order chi connectivity index (χ0) is 14.3. The van der Waals surface area contributed by atoms with Crippen LogP contribution in [0.3, 0.4) is 0 Å². The Labute approximate surface area is 109 Å². The molecular formula is C12H16N2O5. The first kappa shape index (κ1) is 14.9. The molecule has 1 unspecified atom stereocenters. The van der Waals surface area contributed by atoms with Gasteiger partial charge in [0.1, 0.15) is 11.8 Å². The summed E-state index contributed by atoms with van der Waals surface area (Å²) in [5.41, 5.74) is 0.467. The van der Waals surface area contributed by atoms with Crippen molar-refractivity contribution in [1.82, 2.24) is 5.32 Å². The Morgan fingerprint density at radius 2 is 1.84 bits per heavy atom.